The van der Waals surface area contributed by atoms with Crippen molar-refractivity contribution in [3.05, 3.63) is 34.9 Å². The minimum absolute atomic E-state index is 0.0235. The van der Waals surface area contributed by atoms with Gasteiger partial charge >= 0.3 is 0 Å². The number of nitrogens with zero attached hydrogens (tertiary/aromatic N) is 1. The molecule has 5 nitrogen and oxygen atoms in total. The summed E-state index contributed by atoms with van der Waals surface area (Å²) < 4.78 is 0. The third-order valence-electron chi connectivity index (χ3n) is 3.47. The van der Waals surface area contributed by atoms with E-state index in [2.05, 4.69) is 17.2 Å². The zero-order valence-electron chi connectivity index (χ0n) is 12.0. The number of hydrogen-bond acceptors (Lipinski definition) is 3. The molecule has 0 unspecified atom stereocenters. The average molecular weight is 286 g/mol. The number of aliphatic hydroxyl groups excluding tert-OH is 1. The molecule has 1 saturated heterocycles. The van der Waals surface area contributed by atoms with Crippen molar-refractivity contribution in [1.29, 1.82) is 0 Å². The van der Waals surface area contributed by atoms with Crippen molar-refractivity contribution in [2.75, 3.05) is 26.2 Å². The summed E-state index contributed by atoms with van der Waals surface area (Å²) in [5, 5.41) is 11.5. The summed E-state index contributed by atoms with van der Waals surface area (Å²) >= 11 is 0. The average Bonchev–Trinajstić information content (AvgIpc) is 2.70. The number of amides is 2. The molecule has 1 aromatic carbocycles. The lowest BCUT2D eigenvalue weighted by molar-refractivity contribution is -0.120. The van der Waals surface area contributed by atoms with E-state index in [0.717, 1.165) is 11.1 Å². The van der Waals surface area contributed by atoms with Gasteiger partial charge in [-0.05, 0) is 24.6 Å². The lowest BCUT2D eigenvalue weighted by Crippen LogP contribution is -2.34. The van der Waals surface area contributed by atoms with E-state index in [-0.39, 0.29) is 18.4 Å². The summed E-state index contributed by atoms with van der Waals surface area (Å²) in [5.41, 5.74) is 2.12. The van der Waals surface area contributed by atoms with Gasteiger partial charge in [-0.3, -0.25) is 9.59 Å². The van der Waals surface area contributed by atoms with E-state index in [9.17, 15) is 9.59 Å². The fraction of sp³-hybridized carbons (Fsp3) is 0.375. The monoisotopic (exact) mass is 286 g/mol. The molecule has 2 N–H and O–H groups in total. The molecule has 1 aliphatic rings. The minimum Gasteiger partial charge on any atom is -0.384 e. The molecule has 21 heavy (non-hydrogen) atoms. The van der Waals surface area contributed by atoms with Crippen LogP contribution in [0.3, 0.4) is 0 Å². The lowest BCUT2D eigenvalue weighted by Gasteiger charge is -2.20. The molecule has 5 heteroatoms. The highest BCUT2D eigenvalue weighted by Crippen LogP contribution is 2.16. The highest BCUT2D eigenvalue weighted by atomic mass is 16.2. The second kappa shape index (κ2) is 6.91. The summed E-state index contributed by atoms with van der Waals surface area (Å²) in [6.45, 7) is 3.05. The Morgan fingerprint density at radius 3 is 3.00 bits per heavy atom. The van der Waals surface area contributed by atoms with Crippen LogP contribution in [0, 0.1) is 18.8 Å². The third kappa shape index (κ3) is 3.61. The minimum atomic E-state index is -0.211. The van der Waals surface area contributed by atoms with E-state index in [4.69, 9.17) is 5.11 Å². The molecule has 1 aliphatic heterocycles. The smallest absolute Gasteiger partial charge is 0.254 e. The molecule has 1 fully saturated rings. The van der Waals surface area contributed by atoms with E-state index in [1.165, 1.54) is 0 Å². The standard InChI is InChI=1S/C16H18N2O3/c1-12-13(5-3-11-19)4-2-6-14(12)16(21)18-9-7-15(20)17-8-10-18/h2,4,6,19H,7-11H2,1H3,(H,17,20). The normalized spacial score (nSPS) is 14.8. The molecule has 2 amide bonds. The van der Waals surface area contributed by atoms with E-state index < -0.39 is 0 Å². The number of hydrogen-bond donors (Lipinski definition) is 2. The van der Waals surface area contributed by atoms with Gasteiger partial charge in [0.05, 0.1) is 0 Å². The van der Waals surface area contributed by atoms with Gasteiger partial charge in [-0.2, -0.15) is 0 Å². The number of aliphatic hydroxyl groups is 1. The van der Waals surface area contributed by atoms with Crippen LogP contribution in [0.15, 0.2) is 18.2 Å². The molecule has 0 saturated carbocycles. The van der Waals surface area contributed by atoms with Crippen molar-refractivity contribution >= 4 is 11.8 Å². The van der Waals surface area contributed by atoms with E-state index in [1.807, 2.05) is 13.0 Å². The van der Waals surface area contributed by atoms with Gasteiger partial charge in [0.25, 0.3) is 5.91 Å². The second-order valence-electron chi connectivity index (χ2n) is 4.83. The summed E-state index contributed by atoms with van der Waals surface area (Å²) in [6.07, 6.45) is 0.328. The predicted octanol–water partition coefficient (Wildman–Crippen LogP) is 0.301. The van der Waals surface area contributed by atoms with Gasteiger partial charge in [0, 0.05) is 37.2 Å². The van der Waals surface area contributed by atoms with Crippen molar-refractivity contribution in [1.82, 2.24) is 10.2 Å². The van der Waals surface area contributed by atoms with Crippen LogP contribution in [0.4, 0.5) is 0 Å². The van der Waals surface area contributed by atoms with E-state index >= 15 is 0 Å². The number of carbonyl (C=O) groups excluding carboxylic acids is 2. The highest BCUT2D eigenvalue weighted by Gasteiger charge is 2.21. The highest BCUT2D eigenvalue weighted by molar-refractivity contribution is 5.96. The Hall–Kier alpha value is -2.32. The molecule has 0 aliphatic carbocycles. The number of benzene rings is 1. The molecule has 0 aromatic heterocycles. The van der Waals surface area contributed by atoms with Crippen LogP contribution in [0.1, 0.15) is 27.9 Å². The zero-order valence-corrected chi connectivity index (χ0v) is 12.0. The Morgan fingerprint density at radius 2 is 2.24 bits per heavy atom. The predicted molar refractivity (Wildman–Crippen MR) is 78.7 cm³/mol. The molecule has 0 spiro atoms. The Bertz CT molecular complexity index is 614. The van der Waals surface area contributed by atoms with Crippen LogP contribution < -0.4 is 5.32 Å². The van der Waals surface area contributed by atoms with Crippen LogP contribution in [-0.2, 0) is 4.79 Å². The van der Waals surface area contributed by atoms with Crippen LogP contribution in [0.25, 0.3) is 0 Å². The Morgan fingerprint density at radius 1 is 1.43 bits per heavy atom. The second-order valence-corrected chi connectivity index (χ2v) is 4.83. The first-order valence-electron chi connectivity index (χ1n) is 6.89. The molecule has 0 radical (unpaired) electrons. The number of carbonyl (C=O) groups is 2. The van der Waals surface area contributed by atoms with Crippen LogP contribution in [0.5, 0.6) is 0 Å². The molecular weight excluding hydrogens is 268 g/mol. The lowest BCUT2D eigenvalue weighted by atomic mass is 10.0. The topological polar surface area (TPSA) is 69.6 Å². The van der Waals surface area contributed by atoms with Crippen LogP contribution in [-0.4, -0.2) is 48.1 Å². The number of nitrogens with one attached hydrogen (secondary N) is 1. The Kier molecular flexibility index (Phi) is 4.96. The maximum atomic E-state index is 12.6. The zero-order chi connectivity index (χ0) is 15.2. The third-order valence-corrected chi connectivity index (χ3v) is 3.47. The SMILES string of the molecule is Cc1c(C#CCO)cccc1C(=O)N1CCNC(=O)CC1. The molecule has 110 valence electrons. The molecule has 1 aromatic rings. The van der Waals surface area contributed by atoms with Gasteiger partial charge in [0.2, 0.25) is 5.91 Å². The summed E-state index contributed by atoms with van der Waals surface area (Å²) in [7, 11) is 0. The molecule has 0 bridgehead atoms. The van der Waals surface area contributed by atoms with Gasteiger partial charge in [-0.15, -0.1) is 0 Å². The van der Waals surface area contributed by atoms with Gasteiger partial charge in [0.1, 0.15) is 6.61 Å². The maximum Gasteiger partial charge on any atom is 0.254 e. The molecule has 2 rings (SSSR count). The van der Waals surface area contributed by atoms with Gasteiger partial charge in [-0.25, -0.2) is 0 Å². The molecule has 1 heterocycles. The van der Waals surface area contributed by atoms with E-state index in [0.29, 0.717) is 31.6 Å². The largest absolute Gasteiger partial charge is 0.384 e. The van der Waals surface area contributed by atoms with Crippen molar-refractivity contribution in [3.63, 3.8) is 0 Å². The van der Waals surface area contributed by atoms with Crippen molar-refractivity contribution in [2.24, 2.45) is 0 Å². The Labute approximate surface area is 124 Å². The van der Waals surface area contributed by atoms with Crippen LogP contribution in [0.2, 0.25) is 0 Å². The first kappa shape index (κ1) is 15.1. The van der Waals surface area contributed by atoms with Crippen molar-refractivity contribution in [2.45, 2.75) is 13.3 Å². The van der Waals surface area contributed by atoms with E-state index in [1.54, 1.807) is 17.0 Å². The molecular formula is C16H18N2O3. The van der Waals surface area contributed by atoms with Crippen LogP contribution >= 0.6 is 0 Å². The first-order chi connectivity index (χ1) is 10.1. The molecule has 0 atom stereocenters. The summed E-state index contributed by atoms with van der Waals surface area (Å²) in [5.74, 6) is 5.33. The number of rotatable bonds is 1. The maximum absolute atomic E-state index is 12.6. The fourth-order valence-corrected chi connectivity index (χ4v) is 2.28. The fourth-order valence-electron chi connectivity index (χ4n) is 2.28. The Balaban J connectivity index is 2.24. The van der Waals surface area contributed by atoms with Crippen molar-refractivity contribution in [3.8, 4) is 11.8 Å². The van der Waals surface area contributed by atoms with Gasteiger partial charge < -0.3 is 15.3 Å². The summed E-state index contributed by atoms with van der Waals surface area (Å²) in [4.78, 5) is 25.6. The summed E-state index contributed by atoms with van der Waals surface area (Å²) in [6, 6.07) is 5.37. The quantitative estimate of drug-likeness (QED) is 0.730. The van der Waals surface area contributed by atoms with Gasteiger partial charge in [-0.1, -0.05) is 17.9 Å². The van der Waals surface area contributed by atoms with Crippen molar-refractivity contribution < 1.29 is 14.7 Å². The van der Waals surface area contributed by atoms with Gasteiger partial charge in [0.15, 0.2) is 0 Å². The first-order valence-corrected chi connectivity index (χ1v) is 6.89.